The number of aliphatic hydroxyl groups excluding tert-OH is 1. The number of hydrogen-bond donors (Lipinski definition) is 1. The number of carbonyl (C=O) groups is 1. The van der Waals surface area contributed by atoms with E-state index in [0.717, 1.165) is 5.56 Å². The number of amides is 1. The van der Waals surface area contributed by atoms with Crippen molar-refractivity contribution in [3.63, 3.8) is 0 Å². The van der Waals surface area contributed by atoms with Gasteiger partial charge < -0.3 is 14.9 Å². The molecule has 1 aliphatic rings. The van der Waals surface area contributed by atoms with Crippen LogP contribution in [0.3, 0.4) is 0 Å². The second-order valence-electron chi connectivity index (χ2n) is 6.22. The van der Waals surface area contributed by atoms with E-state index < -0.39 is 6.10 Å². The quantitative estimate of drug-likeness (QED) is 0.938. The van der Waals surface area contributed by atoms with Crippen LogP contribution in [0.5, 0.6) is 0 Å². The van der Waals surface area contributed by atoms with E-state index in [1.54, 1.807) is 32.3 Å². The van der Waals surface area contributed by atoms with Crippen molar-refractivity contribution in [2.24, 2.45) is 0 Å². The van der Waals surface area contributed by atoms with Gasteiger partial charge in [-0.3, -0.25) is 4.79 Å². The molecule has 0 saturated carbocycles. The first-order chi connectivity index (χ1) is 11.5. The summed E-state index contributed by atoms with van der Waals surface area (Å²) in [4.78, 5) is 19.8. The molecule has 1 aromatic heterocycles. The minimum atomic E-state index is -0.497. The summed E-state index contributed by atoms with van der Waals surface area (Å²) in [7, 11) is 3.38. The molecule has 2 heterocycles. The molecule has 0 radical (unpaired) electrons. The molecule has 2 atom stereocenters. The Kier molecular flexibility index (Phi) is 4.49. The second kappa shape index (κ2) is 6.57. The zero-order valence-corrected chi connectivity index (χ0v) is 13.7. The molecule has 1 N–H and O–H groups in total. The van der Waals surface area contributed by atoms with Crippen molar-refractivity contribution in [2.75, 3.05) is 25.5 Å². The van der Waals surface area contributed by atoms with Crippen LogP contribution in [0.2, 0.25) is 0 Å². The Morgan fingerprint density at radius 3 is 2.75 bits per heavy atom. The van der Waals surface area contributed by atoms with Crippen LogP contribution in [0.15, 0.2) is 42.6 Å². The van der Waals surface area contributed by atoms with E-state index >= 15 is 0 Å². The molecule has 3 rings (SSSR count). The van der Waals surface area contributed by atoms with Gasteiger partial charge in [-0.05, 0) is 36.2 Å². The van der Waals surface area contributed by atoms with E-state index in [2.05, 4.69) is 4.98 Å². The van der Waals surface area contributed by atoms with Gasteiger partial charge in [0.2, 0.25) is 0 Å². The number of aromatic nitrogens is 1. The number of pyridine rings is 1. The molecule has 0 aliphatic carbocycles. The lowest BCUT2D eigenvalue weighted by Crippen LogP contribution is -2.26. The highest BCUT2D eigenvalue weighted by atomic mass is 19.1. The van der Waals surface area contributed by atoms with Crippen molar-refractivity contribution >= 4 is 11.7 Å². The number of hydrogen-bond acceptors (Lipinski definition) is 4. The van der Waals surface area contributed by atoms with E-state index in [9.17, 15) is 14.3 Å². The Balaban J connectivity index is 1.88. The predicted octanol–water partition coefficient (Wildman–Crippen LogP) is 2.23. The summed E-state index contributed by atoms with van der Waals surface area (Å²) >= 11 is 0. The standard InChI is InChI=1S/C18H20FN3O2/c1-21(2)18(24)13-6-7-17(20-10-13)22-11-15(23)9-16(22)12-4-3-5-14(19)8-12/h3-8,10,15-16,23H,9,11H2,1-2H3/t15-,16-/m0/s1. The highest BCUT2D eigenvalue weighted by Crippen LogP contribution is 2.35. The monoisotopic (exact) mass is 329 g/mol. The summed E-state index contributed by atoms with van der Waals surface area (Å²) in [5, 5.41) is 10.1. The van der Waals surface area contributed by atoms with Gasteiger partial charge in [-0.15, -0.1) is 0 Å². The Morgan fingerprint density at radius 1 is 1.33 bits per heavy atom. The van der Waals surface area contributed by atoms with Gasteiger partial charge in [0.15, 0.2) is 0 Å². The van der Waals surface area contributed by atoms with Crippen LogP contribution in [0.4, 0.5) is 10.2 Å². The summed E-state index contributed by atoms with van der Waals surface area (Å²) in [6.07, 6.45) is 1.55. The zero-order valence-electron chi connectivity index (χ0n) is 13.7. The third kappa shape index (κ3) is 3.23. The fourth-order valence-electron chi connectivity index (χ4n) is 3.04. The van der Waals surface area contributed by atoms with Gasteiger partial charge in [-0.1, -0.05) is 12.1 Å². The van der Waals surface area contributed by atoms with Crippen LogP contribution in [0, 0.1) is 5.82 Å². The van der Waals surface area contributed by atoms with Crippen molar-refractivity contribution < 1.29 is 14.3 Å². The summed E-state index contributed by atoms with van der Waals surface area (Å²) in [6, 6.07) is 9.75. The van der Waals surface area contributed by atoms with Crippen LogP contribution in [-0.4, -0.2) is 47.6 Å². The number of aliphatic hydroxyl groups is 1. The van der Waals surface area contributed by atoms with E-state index in [-0.39, 0.29) is 17.8 Å². The minimum Gasteiger partial charge on any atom is -0.391 e. The molecule has 1 aromatic carbocycles. The lowest BCUT2D eigenvalue weighted by Gasteiger charge is -2.26. The highest BCUT2D eigenvalue weighted by molar-refractivity contribution is 5.93. The molecule has 5 nitrogen and oxygen atoms in total. The van der Waals surface area contributed by atoms with E-state index in [4.69, 9.17) is 0 Å². The van der Waals surface area contributed by atoms with Gasteiger partial charge in [-0.25, -0.2) is 9.37 Å². The predicted molar refractivity (Wildman–Crippen MR) is 89.4 cm³/mol. The molecule has 0 spiro atoms. The minimum absolute atomic E-state index is 0.114. The molecule has 1 fully saturated rings. The van der Waals surface area contributed by atoms with Gasteiger partial charge in [0.05, 0.1) is 17.7 Å². The number of nitrogens with zero attached hydrogens (tertiary/aromatic N) is 3. The SMILES string of the molecule is CN(C)C(=O)c1ccc(N2C[C@@H](O)C[C@H]2c2cccc(F)c2)nc1. The van der Waals surface area contributed by atoms with Crippen LogP contribution in [0.25, 0.3) is 0 Å². The van der Waals surface area contributed by atoms with Crippen molar-refractivity contribution in [1.82, 2.24) is 9.88 Å². The van der Waals surface area contributed by atoms with Crippen LogP contribution in [-0.2, 0) is 0 Å². The molecular formula is C18H20FN3O2. The Hall–Kier alpha value is -2.47. The number of benzene rings is 1. The molecule has 126 valence electrons. The van der Waals surface area contributed by atoms with Gasteiger partial charge in [0.1, 0.15) is 11.6 Å². The lowest BCUT2D eigenvalue weighted by molar-refractivity contribution is 0.0827. The molecular weight excluding hydrogens is 309 g/mol. The number of rotatable bonds is 3. The number of anilines is 1. The molecule has 2 aromatic rings. The molecule has 6 heteroatoms. The maximum atomic E-state index is 13.5. The van der Waals surface area contributed by atoms with E-state index in [1.807, 2.05) is 11.0 Å². The maximum Gasteiger partial charge on any atom is 0.254 e. The third-order valence-corrected chi connectivity index (χ3v) is 4.21. The second-order valence-corrected chi connectivity index (χ2v) is 6.22. The molecule has 24 heavy (non-hydrogen) atoms. The average Bonchev–Trinajstić information content (AvgIpc) is 2.96. The first-order valence-corrected chi connectivity index (χ1v) is 7.83. The topological polar surface area (TPSA) is 56.7 Å². The average molecular weight is 329 g/mol. The molecule has 0 bridgehead atoms. The van der Waals surface area contributed by atoms with E-state index in [1.165, 1.54) is 23.2 Å². The summed E-state index contributed by atoms with van der Waals surface area (Å²) in [5.74, 6) is 0.252. The first-order valence-electron chi connectivity index (χ1n) is 7.83. The van der Waals surface area contributed by atoms with Gasteiger partial charge >= 0.3 is 0 Å². The van der Waals surface area contributed by atoms with Crippen LogP contribution in [0.1, 0.15) is 28.4 Å². The first kappa shape index (κ1) is 16.4. The Morgan fingerprint density at radius 2 is 2.12 bits per heavy atom. The fourth-order valence-corrected chi connectivity index (χ4v) is 3.04. The molecule has 1 saturated heterocycles. The third-order valence-electron chi connectivity index (χ3n) is 4.21. The summed E-state index contributed by atoms with van der Waals surface area (Å²) in [6.45, 7) is 0.426. The molecule has 1 amide bonds. The summed E-state index contributed by atoms with van der Waals surface area (Å²) in [5.41, 5.74) is 1.31. The van der Waals surface area contributed by atoms with Gasteiger partial charge in [0, 0.05) is 26.8 Å². The number of halogens is 1. The maximum absolute atomic E-state index is 13.5. The van der Waals surface area contributed by atoms with Gasteiger partial charge in [0.25, 0.3) is 5.91 Å². The number of carbonyl (C=O) groups excluding carboxylic acids is 1. The smallest absolute Gasteiger partial charge is 0.254 e. The zero-order chi connectivity index (χ0) is 17.3. The molecule has 0 unspecified atom stereocenters. The van der Waals surface area contributed by atoms with Crippen molar-refractivity contribution in [3.05, 3.63) is 59.5 Å². The van der Waals surface area contributed by atoms with Gasteiger partial charge in [-0.2, -0.15) is 0 Å². The fraction of sp³-hybridized carbons (Fsp3) is 0.333. The Bertz CT molecular complexity index is 733. The van der Waals surface area contributed by atoms with Crippen LogP contribution >= 0.6 is 0 Å². The summed E-state index contributed by atoms with van der Waals surface area (Å²) < 4.78 is 13.5. The lowest BCUT2D eigenvalue weighted by atomic mass is 10.0. The number of β-amino-alcohol motifs (C(OH)–C–C–N with tert-alkyl or cyclic N) is 1. The largest absolute Gasteiger partial charge is 0.391 e. The highest BCUT2D eigenvalue weighted by Gasteiger charge is 2.33. The normalized spacial score (nSPS) is 20.2. The van der Waals surface area contributed by atoms with E-state index in [0.29, 0.717) is 24.3 Å². The van der Waals surface area contributed by atoms with Crippen molar-refractivity contribution in [2.45, 2.75) is 18.6 Å². The Labute approximate surface area is 140 Å². The molecule has 1 aliphatic heterocycles. The van der Waals surface area contributed by atoms with Crippen molar-refractivity contribution in [3.8, 4) is 0 Å². The van der Waals surface area contributed by atoms with Crippen molar-refractivity contribution in [1.29, 1.82) is 0 Å². The van der Waals surface area contributed by atoms with Crippen LogP contribution < -0.4 is 4.90 Å².